The average molecular weight is 587 g/mol. The summed E-state index contributed by atoms with van der Waals surface area (Å²) in [5, 5.41) is 2.53. The first-order valence-corrected chi connectivity index (χ1v) is 15.7. The highest BCUT2D eigenvalue weighted by atomic mass is 32.2. The summed E-state index contributed by atoms with van der Waals surface area (Å²) in [6.07, 6.45) is 0. The molecule has 0 atom stereocenters. The van der Waals surface area contributed by atoms with Gasteiger partial charge in [-0.2, -0.15) is 8.42 Å². The highest BCUT2D eigenvalue weighted by molar-refractivity contribution is 7.86. The summed E-state index contributed by atoms with van der Waals surface area (Å²) < 4.78 is 36.3. The molecule has 192 valence electrons. The highest BCUT2D eigenvalue weighted by Crippen LogP contribution is 2.39. The van der Waals surface area contributed by atoms with Gasteiger partial charge in [0.15, 0.2) is 0 Å². The highest BCUT2D eigenvalue weighted by Gasteiger charge is 2.21. The molecule has 7 aromatic rings. The lowest BCUT2D eigenvalue weighted by Gasteiger charge is -2.02. The molecule has 0 radical (unpaired) electrons. The van der Waals surface area contributed by atoms with Crippen LogP contribution in [0.15, 0.2) is 77.7 Å². The molecule has 7 nitrogen and oxygen atoms in total. The van der Waals surface area contributed by atoms with Crippen molar-refractivity contribution < 1.29 is 13.0 Å². The topological polar surface area (TPSA) is 119 Å². The minimum absolute atomic E-state index is 0.0806. The van der Waals surface area contributed by atoms with Crippen molar-refractivity contribution in [1.29, 1.82) is 0 Å². The number of aromatic nitrogens is 3. The first-order chi connectivity index (χ1) is 18.7. The first-order valence-electron chi connectivity index (χ1n) is 11.8. The van der Waals surface area contributed by atoms with E-state index in [0.29, 0.717) is 20.8 Å². The number of hydrogen-bond acceptors (Lipinski definition) is 9. The maximum atomic E-state index is 12.0. The molecule has 0 unspecified atom stereocenters. The molecule has 0 spiro atoms. The number of nitrogen functional groups attached to an aromatic ring is 1. The van der Waals surface area contributed by atoms with Crippen molar-refractivity contribution in [3.05, 3.63) is 78.4 Å². The number of fused-ring (bicyclic) bond motifs is 3. The van der Waals surface area contributed by atoms with E-state index in [1.807, 2.05) is 54.6 Å². The summed E-state index contributed by atoms with van der Waals surface area (Å²) in [6, 6.07) is 23.3. The van der Waals surface area contributed by atoms with Crippen LogP contribution >= 0.6 is 34.0 Å². The number of nitrogens with zero attached hydrogens (tertiary/aromatic N) is 3. The average Bonchev–Trinajstić information content (AvgIpc) is 3.63. The maximum Gasteiger partial charge on any atom is 0.296 e. The Balaban J connectivity index is 1.26. The van der Waals surface area contributed by atoms with Gasteiger partial charge in [0.1, 0.15) is 19.9 Å². The number of nitrogens with two attached hydrogens (primary N) is 1. The van der Waals surface area contributed by atoms with Gasteiger partial charge in [-0.25, -0.2) is 15.0 Å². The van der Waals surface area contributed by atoms with Crippen molar-refractivity contribution in [1.82, 2.24) is 15.0 Å². The van der Waals surface area contributed by atoms with Gasteiger partial charge in [-0.1, -0.05) is 6.07 Å². The fourth-order valence-electron chi connectivity index (χ4n) is 4.50. The van der Waals surface area contributed by atoms with Crippen molar-refractivity contribution in [2.24, 2.45) is 0 Å². The second-order valence-corrected chi connectivity index (χ2v) is 13.5. The molecular formula is C28H18N4O3S4. The second-order valence-electron chi connectivity index (χ2n) is 9.08. The van der Waals surface area contributed by atoms with E-state index >= 15 is 0 Å². The standard InChI is InChI=1S/C28H18N4O3S4/c1-14-2-9-21-24(25(14)39(33,34)35)38-28(32-21)17-6-11-20-23(13-17)37-27(31-20)16-5-10-19-22(12-16)36-26(30-19)15-3-7-18(29)8-4-15/h2-13H,29H2,1H3,(H,33,34,35). The van der Waals surface area contributed by atoms with Crippen molar-refractivity contribution in [2.45, 2.75) is 11.8 Å². The Hall–Kier alpha value is -3.74. The van der Waals surface area contributed by atoms with Gasteiger partial charge in [0, 0.05) is 22.4 Å². The molecule has 3 aromatic heterocycles. The molecular weight excluding hydrogens is 569 g/mol. The lowest BCUT2D eigenvalue weighted by molar-refractivity contribution is 0.483. The normalized spacial score (nSPS) is 12.2. The Kier molecular flexibility index (Phi) is 5.55. The third-order valence-corrected chi connectivity index (χ3v) is 10.8. The van der Waals surface area contributed by atoms with Crippen LogP contribution in [0.5, 0.6) is 0 Å². The summed E-state index contributed by atoms with van der Waals surface area (Å²) in [4.78, 5) is 14.2. The predicted octanol–water partition coefficient (Wildman–Crippen LogP) is 7.65. The molecule has 0 saturated carbocycles. The predicted molar refractivity (Wildman–Crippen MR) is 161 cm³/mol. The number of aryl methyl sites for hydroxylation is 1. The zero-order chi connectivity index (χ0) is 26.9. The summed E-state index contributed by atoms with van der Waals surface area (Å²) in [5.74, 6) is 0. The molecule has 7 rings (SSSR count). The Morgan fingerprint density at radius 1 is 0.667 bits per heavy atom. The van der Waals surface area contributed by atoms with E-state index in [-0.39, 0.29) is 4.90 Å². The summed E-state index contributed by atoms with van der Waals surface area (Å²) in [5.41, 5.74) is 12.3. The number of hydrogen-bond donors (Lipinski definition) is 2. The lowest BCUT2D eigenvalue weighted by atomic mass is 10.2. The van der Waals surface area contributed by atoms with E-state index in [0.717, 1.165) is 52.8 Å². The molecule has 39 heavy (non-hydrogen) atoms. The van der Waals surface area contributed by atoms with E-state index < -0.39 is 10.1 Å². The molecule has 0 bridgehead atoms. The van der Waals surface area contributed by atoms with Crippen LogP contribution in [0.2, 0.25) is 0 Å². The van der Waals surface area contributed by atoms with E-state index in [9.17, 15) is 13.0 Å². The summed E-state index contributed by atoms with van der Waals surface area (Å²) >= 11 is 4.48. The minimum Gasteiger partial charge on any atom is -0.399 e. The van der Waals surface area contributed by atoms with Crippen molar-refractivity contribution in [2.75, 3.05) is 5.73 Å². The van der Waals surface area contributed by atoms with Gasteiger partial charge >= 0.3 is 0 Å². The van der Waals surface area contributed by atoms with E-state index in [1.165, 1.54) is 11.3 Å². The van der Waals surface area contributed by atoms with Crippen LogP contribution in [-0.2, 0) is 10.1 Å². The Labute approximate surface area is 235 Å². The van der Waals surface area contributed by atoms with Crippen LogP contribution in [0, 0.1) is 6.92 Å². The van der Waals surface area contributed by atoms with Gasteiger partial charge in [0.2, 0.25) is 0 Å². The van der Waals surface area contributed by atoms with Crippen molar-refractivity contribution >= 4 is 80.5 Å². The van der Waals surface area contributed by atoms with Crippen LogP contribution in [0.3, 0.4) is 0 Å². The van der Waals surface area contributed by atoms with Gasteiger partial charge in [-0.15, -0.1) is 34.0 Å². The quantitative estimate of drug-likeness (QED) is 0.161. The first kappa shape index (κ1) is 24.3. The smallest absolute Gasteiger partial charge is 0.296 e. The third-order valence-electron chi connectivity index (χ3n) is 6.40. The van der Waals surface area contributed by atoms with E-state index in [1.54, 1.807) is 41.7 Å². The summed E-state index contributed by atoms with van der Waals surface area (Å²) in [7, 11) is -4.37. The molecule has 4 aromatic carbocycles. The van der Waals surface area contributed by atoms with Crippen molar-refractivity contribution in [3.63, 3.8) is 0 Å². The molecule has 0 aliphatic carbocycles. The summed E-state index contributed by atoms with van der Waals surface area (Å²) in [6.45, 7) is 1.66. The molecule has 0 amide bonds. The van der Waals surface area contributed by atoms with Gasteiger partial charge in [-0.3, -0.25) is 4.55 Å². The van der Waals surface area contributed by atoms with Gasteiger partial charge in [-0.05, 0) is 79.2 Å². The number of thiazole rings is 3. The van der Waals surface area contributed by atoms with Crippen LogP contribution in [0.25, 0.3) is 62.4 Å². The van der Waals surface area contributed by atoms with Crippen LogP contribution < -0.4 is 5.73 Å². The maximum absolute atomic E-state index is 12.0. The van der Waals surface area contributed by atoms with Crippen LogP contribution in [-0.4, -0.2) is 27.9 Å². The number of benzene rings is 4. The molecule has 11 heteroatoms. The monoisotopic (exact) mass is 586 g/mol. The van der Waals surface area contributed by atoms with Gasteiger partial charge in [0.05, 0.1) is 30.6 Å². The second kappa shape index (κ2) is 8.90. The van der Waals surface area contributed by atoms with Crippen LogP contribution in [0.4, 0.5) is 5.69 Å². The zero-order valence-electron chi connectivity index (χ0n) is 20.2. The molecule has 3 N–H and O–H groups in total. The number of anilines is 1. The molecule has 3 heterocycles. The molecule has 0 saturated heterocycles. The molecule has 0 aliphatic heterocycles. The molecule has 0 fully saturated rings. The van der Waals surface area contributed by atoms with Crippen LogP contribution in [0.1, 0.15) is 5.56 Å². The third kappa shape index (κ3) is 4.28. The van der Waals surface area contributed by atoms with Crippen molar-refractivity contribution in [3.8, 4) is 31.7 Å². The SMILES string of the molecule is Cc1ccc2nc(-c3ccc4nc(-c5ccc6nc(-c7ccc(N)cc7)sc6c5)sc4c3)sc2c1S(=O)(=O)O. The minimum atomic E-state index is -4.37. The molecule has 0 aliphatic rings. The van der Waals surface area contributed by atoms with E-state index in [2.05, 4.69) is 11.1 Å². The Bertz CT molecular complexity index is 2180. The Morgan fingerprint density at radius 3 is 1.74 bits per heavy atom. The zero-order valence-corrected chi connectivity index (χ0v) is 23.5. The Morgan fingerprint density at radius 2 is 1.15 bits per heavy atom. The fraction of sp³-hybridized carbons (Fsp3) is 0.0357. The fourth-order valence-corrected chi connectivity index (χ4v) is 8.82. The largest absolute Gasteiger partial charge is 0.399 e. The number of rotatable bonds is 4. The van der Waals surface area contributed by atoms with E-state index in [4.69, 9.17) is 15.7 Å². The van der Waals surface area contributed by atoms with Gasteiger partial charge < -0.3 is 5.73 Å². The van der Waals surface area contributed by atoms with Gasteiger partial charge in [0.25, 0.3) is 10.1 Å². The lowest BCUT2D eigenvalue weighted by Crippen LogP contribution is -2.00.